The number of aromatic nitrogens is 1. The van der Waals surface area contributed by atoms with Crippen LogP contribution in [0, 0.1) is 0 Å². The Hall–Kier alpha value is -1.19. The lowest BCUT2D eigenvalue weighted by atomic mass is 10.0. The molecule has 0 bridgehead atoms. The molecule has 0 saturated heterocycles. The molecule has 1 atom stereocenters. The van der Waals surface area contributed by atoms with Crippen LogP contribution in [0.3, 0.4) is 0 Å². The van der Waals surface area contributed by atoms with Crippen LogP contribution < -0.4 is 5.32 Å². The number of nitrogens with one attached hydrogen (secondary N) is 1. The Kier molecular flexibility index (Phi) is 4.18. The minimum absolute atomic E-state index is 0.525. The fourth-order valence-electron chi connectivity index (χ4n) is 3.02. The van der Waals surface area contributed by atoms with Crippen molar-refractivity contribution in [1.82, 2.24) is 10.3 Å². The molecule has 106 valence electrons. The molecule has 0 aliphatic heterocycles. The summed E-state index contributed by atoms with van der Waals surface area (Å²) in [5.74, 6) is 0.525. The smallest absolute Gasteiger partial charge is 0.101 e. The maximum atomic E-state index is 4.94. The van der Waals surface area contributed by atoms with Gasteiger partial charge in [-0.1, -0.05) is 38.1 Å². The summed E-state index contributed by atoms with van der Waals surface area (Å²) in [6.07, 6.45) is 3.45. The SMILES string of the molecule is CCNCc1sc(C2CCc3ccccc32)nc1CC. The fraction of sp³-hybridized carbons (Fsp3) is 0.471. The van der Waals surface area contributed by atoms with Gasteiger partial charge in [0.1, 0.15) is 5.01 Å². The predicted molar refractivity (Wildman–Crippen MR) is 85.5 cm³/mol. The second kappa shape index (κ2) is 6.06. The molecule has 0 saturated carbocycles. The molecule has 1 unspecified atom stereocenters. The molecule has 0 radical (unpaired) electrons. The number of rotatable bonds is 5. The van der Waals surface area contributed by atoms with Crippen LogP contribution in [0.5, 0.6) is 0 Å². The molecule has 1 aromatic heterocycles. The van der Waals surface area contributed by atoms with E-state index in [9.17, 15) is 0 Å². The van der Waals surface area contributed by atoms with Gasteiger partial charge in [-0.2, -0.15) is 0 Å². The van der Waals surface area contributed by atoms with Gasteiger partial charge >= 0.3 is 0 Å². The monoisotopic (exact) mass is 286 g/mol. The average molecular weight is 286 g/mol. The molecule has 2 nitrogen and oxygen atoms in total. The molecule has 1 N–H and O–H groups in total. The lowest BCUT2D eigenvalue weighted by molar-refractivity contribution is 0.726. The van der Waals surface area contributed by atoms with Gasteiger partial charge in [0.2, 0.25) is 0 Å². The second-order valence-corrected chi connectivity index (χ2v) is 6.46. The number of aryl methyl sites for hydroxylation is 2. The van der Waals surface area contributed by atoms with E-state index in [-0.39, 0.29) is 0 Å². The molecule has 1 aliphatic rings. The first kappa shape index (κ1) is 13.8. The Balaban J connectivity index is 1.90. The second-order valence-electron chi connectivity index (χ2n) is 5.35. The van der Waals surface area contributed by atoms with Crippen molar-refractivity contribution in [2.75, 3.05) is 6.54 Å². The first-order valence-corrected chi connectivity index (χ1v) is 8.42. The molecule has 0 fully saturated rings. The van der Waals surface area contributed by atoms with Gasteiger partial charge in [0, 0.05) is 17.3 Å². The van der Waals surface area contributed by atoms with Crippen molar-refractivity contribution in [3.63, 3.8) is 0 Å². The van der Waals surface area contributed by atoms with E-state index in [0.717, 1.165) is 19.5 Å². The van der Waals surface area contributed by atoms with E-state index in [4.69, 9.17) is 4.98 Å². The van der Waals surface area contributed by atoms with E-state index in [1.165, 1.54) is 39.5 Å². The molecule has 3 rings (SSSR count). The van der Waals surface area contributed by atoms with Gasteiger partial charge in [0.15, 0.2) is 0 Å². The molecule has 0 amide bonds. The summed E-state index contributed by atoms with van der Waals surface area (Å²) in [5, 5.41) is 4.75. The van der Waals surface area contributed by atoms with Crippen LogP contribution in [-0.4, -0.2) is 11.5 Å². The fourth-order valence-corrected chi connectivity index (χ4v) is 4.30. The molecule has 2 aromatic rings. The summed E-state index contributed by atoms with van der Waals surface area (Å²) < 4.78 is 0. The van der Waals surface area contributed by atoms with E-state index in [1.807, 2.05) is 11.3 Å². The van der Waals surface area contributed by atoms with Crippen molar-refractivity contribution >= 4 is 11.3 Å². The van der Waals surface area contributed by atoms with Crippen LogP contribution >= 0.6 is 11.3 Å². The maximum absolute atomic E-state index is 4.94. The highest BCUT2D eigenvalue weighted by Crippen LogP contribution is 2.40. The van der Waals surface area contributed by atoms with Crippen LogP contribution in [0.2, 0.25) is 0 Å². The van der Waals surface area contributed by atoms with Crippen molar-refractivity contribution in [3.8, 4) is 0 Å². The molecular formula is C17H22N2S. The van der Waals surface area contributed by atoms with E-state index in [2.05, 4.69) is 43.4 Å². The first-order chi connectivity index (χ1) is 9.83. The van der Waals surface area contributed by atoms with Gasteiger partial charge in [-0.15, -0.1) is 11.3 Å². The standard InChI is InChI=1S/C17H22N2S/c1-3-15-16(11-18-4-2)20-17(19-15)14-10-9-12-7-5-6-8-13(12)14/h5-8,14,18H,3-4,9-11H2,1-2H3. The number of hydrogen-bond donors (Lipinski definition) is 1. The summed E-state index contributed by atoms with van der Waals surface area (Å²) in [6.45, 7) is 6.34. The molecule has 1 heterocycles. The van der Waals surface area contributed by atoms with Crippen molar-refractivity contribution in [3.05, 3.63) is 51.0 Å². The molecular weight excluding hydrogens is 264 g/mol. The number of nitrogens with zero attached hydrogens (tertiary/aromatic N) is 1. The summed E-state index contributed by atoms with van der Waals surface area (Å²) in [4.78, 5) is 6.37. The third-order valence-electron chi connectivity index (χ3n) is 4.10. The quantitative estimate of drug-likeness (QED) is 0.902. The van der Waals surface area contributed by atoms with Crippen LogP contribution in [0.1, 0.15) is 52.9 Å². The summed E-state index contributed by atoms with van der Waals surface area (Å²) in [6, 6.07) is 8.86. The Labute approximate surface area is 125 Å². The van der Waals surface area contributed by atoms with Crippen LogP contribution in [-0.2, 0) is 19.4 Å². The first-order valence-electron chi connectivity index (χ1n) is 7.60. The highest BCUT2D eigenvalue weighted by molar-refractivity contribution is 7.11. The van der Waals surface area contributed by atoms with Crippen LogP contribution in [0.4, 0.5) is 0 Å². The van der Waals surface area contributed by atoms with E-state index < -0.39 is 0 Å². The van der Waals surface area contributed by atoms with E-state index in [0.29, 0.717) is 5.92 Å². The van der Waals surface area contributed by atoms with E-state index >= 15 is 0 Å². The average Bonchev–Trinajstić information content (AvgIpc) is 3.08. The van der Waals surface area contributed by atoms with Crippen molar-refractivity contribution in [2.24, 2.45) is 0 Å². The maximum Gasteiger partial charge on any atom is 0.101 e. The minimum Gasteiger partial charge on any atom is -0.312 e. The molecule has 0 spiro atoms. The summed E-state index contributed by atoms with van der Waals surface area (Å²) in [5.41, 5.74) is 4.30. The molecule has 20 heavy (non-hydrogen) atoms. The largest absolute Gasteiger partial charge is 0.312 e. The number of hydrogen-bond acceptors (Lipinski definition) is 3. The third kappa shape index (κ3) is 2.52. The normalized spacial score (nSPS) is 17.4. The van der Waals surface area contributed by atoms with E-state index in [1.54, 1.807) is 0 Å². The number of fused-ring (bicyclic) bond motifs is 1. The Bertz CT molecular complexity index is 588. The molecule has 1 aromatic carbocycles. The zero-order valence-electron chi connectivity index (χ0n) is 12.3. The number of thiazole rings is 1. The molecule has 1 aliphatic carbocycles. The van der Waals surface area contributed by atoms with Gasteiger partial charge in [-0.25, -0.2) is 4.98 Å². The van der Waals surface area contributed by atoms with Gasteiger partial charge in [-0.3, -0.25) is 0 Å². The Morgan fingerprint density at radius 3 is 2.95 bits per heavy atom. The topological polar surface area (TPSA) is 24.9 Å². The number of benzene rings is 1. The third-order valence-corrected chi connectivity index (χ3v) is 5.31. The summed E-state index contributed by atoms with van der Waals surface area (Å²) >= 11 is 1.91. The van der Waals surface area contributed by atoms with Crippen molar-refractivity contribution in [2.45, 2.75) is 45.6 Å². The van der Waals surface area contributed by atoms with Gasteiger partial charge in [-0.05, 0) is 36.9 Å². The molecule has 3 heteroatoms. The zero-order chi connectivity index (χ0) is 13.9. The lowest BCUT2D eigenvalue weighted by Crippen LogP contribution is -2.11. The highest BCUT2D eigenvalue weighted by Gasteiger charge is 2.26. The van der Waals surface area contributed by atoms with Gasteiger partial charge in [0.25, 0.3) is 0 Å². The predicted octanol–water partition coefficient (Wildman–Crippen LogP) is 3.89. The minimum atomic E-state index is 0.525. The Morgan fingerprint density at radius 2 is 2.15 bits per heavy atom. The van der Waals surface area contributed by atoms with Gasteiger partial charge < -0.3 is 5.32 Å². The van der Waals surface area contributed by atoms with Gasteiger partial charge in [0.05, 0.1) is 5.69 Å². The summed E-state index contributed by atoms with van der Waals surface area (Å²) in [7, 11) is 0. The lowest BCUT2D eigenvalue weighted by Gasteiger charge is -2.07. The van der Waals surface area contributed by atoms with Crippen LogP contribution in [0.25, 0.3) is 0 Å². The Morgan fingerprint density at radius 1 is 1.30 bits per heavy atom. The van der Waals surface area contributed by atoms with Crippen LogP contribution in [0.15, 0.2) is 24.3 Å². The van der Waals surface area contributed by atoms with Crippen molar-refractivity contribution in [1.29, 1.82) is 0 Å². The highest BCUT2D eigenvalue weighted by atomic mass is 32.1. The zero-order valence-corrected chi connectivity index (χ0v) is 13.1. The van der Waals surface area contributed by atoms with Crippen molar-refractivity contribution < 1.29 is 0 Å².